The molecule has 0 spiro atoms. The Bertz CT molecular complexity index is 455. The van der Waals surface area contributed by atoms with E-state index in [1.54, 1.807) is 11.9 Å². The fourth-order valence-electron chi connectivity index (χ4n) is 1.58. The summed E-state index contributed by atoms with van der Waals surface area (Å²) >= 11 is 0. The summed E-state index contributed by atoms with van der Waals surface area (Å²) in [5.41, 5.74) is 1.92. The lowest BCUT2D eigenvalue weighted by Gasteiger charge is -2.19. The van der Waals surface area contributed by atoms with Crippen LogP contribution in [0.2, 0.25) is 0 Å². The molecule has 1 N–H and O–H groups in total. The van der Waals surface area contributed by atoms with E-state index in [1.165, 1.54) is 6.21 Å². The summed E-state index contributed by atoms with van der Waals surface area (Å²) in [6, 6.07) is 19.7. The average Bonchev–Trinajstić information content (AvgIpc) is 2.41. The van der Waals surface area contributed by atoms with Gasteiger partial charge in [-0.2, -0.15) is 5.10 Å². The molecule has 0 bridgehead atoms. The number of hydrogen-bond donors (Lipinski definition) is 1. The third-order valence-electron chi connectivity index (χ3n) is 2.40. The Morgan fingerprint density at radius 3 is 1.78 bits per heavy atom. The fourth-order valence-corrected chi connectivity index (χ4v) is 1.58. The van der Waals surface area contributed by atoms with E-state index in [4.69, 9.17) is 0 Å². The molecule has 0 amide bonds. The van der Waals surface area contributed by atoms with E-state index < -0.39 is 6.10 Å². The Labute approximate surface area is 107 Å². The minimum absolute atomic E-state index is 0.570. The SMILES string of the molecule is C[C@H](O)/C=N/N(c1ccccc1)c1ccccc1. The van der Waals surface area contributed by atoms with Gasteiger partial charge in [0, 0.05) is 0 Å². The van der Waals surface area contributed by atoms with Crippen LogP contribution >= 0.6 is 0 Å². The third kappa shape index (κ3) is 3.18. The molecule has 2 rings (SSSR count). The Hall–Kier alpha value is -2.13. The highest BCUT2D eigenvalue weighted by Gasteiger charge is 2.06. The number of benzene rings is 2. The van der Waals surface area contributed by atoms with Gasteiger partial charge in [0.15, 0.2) is 0 Å². The molecule has 0 saturated carbocycles. The number of aliphatic hydroxyl groups is 1. The van der Waals surface area contributed by atoms with E-state index in [9.17, 15) is 5.11 Å². The van der Waals surface area contributed by atoms with Gasteiger partial charge in [0.2, 0.25) is 0 Å². The number of hydrogen-bond acceptors (Lipinski definition) is 3. The first kappa shape index (κ1) is 12.3. The van der Waals surface area contributed by atoms with E-state index in [0.29, 0.717) is 0 Å². The first-order valence-corrected chi connectivity index (χ1v) is 5.90. The van der Waals surface area contributed by atoms with Gasteiger partial charge in [0.05, 0.1) is 23.7 Å². The van der Waals surface area contributed by atoms with Gasteiger partial charge >= 0.3 is 0 Å². The molecule has 0 aromatic heterocycles. The Morgan fingerprint density at radius 1 is 0.944 bits per heavy atom. The van der Waals surface area contributed by atoms with E-state index >= 15 is 0 Å². The van der Waals surface area contributed by atoms with Crippen LogP contribution in [-0.4, -0.2) is 17.4 Å². The van der Waals surface area contributed by atoms with Crippen molar-refractivity contribution in [3.63, 3.8) is 0 Å². The zero-order chi connectivity index (χ0) is 12.8. The molecule has 2 aromatic carbocycles. The first-order valence-electron chi connectivity index (χ1n) is 5.90. The summed E-state index contributed by atoms with van der Waals surface area (Å²) in [4.78, 5) is 0. The standard InChI is InChI=1S/C15H16N2O/c1-13(18)12-16-17(14-8-4-2-5-9-14)15-10-6-3-7-11-15/h2-13,18H,1H3/b16-12+/t13-/m0/s1. The maximum Gasteiger partial charge on any atom is 0.0881 e. The average molecular weight is 240 g/mol. The lowest BCUT2D eigenvalue weighted by Crippen LogP contribution is -2.12. The van der Waals surface area contributed by atoms with Gasteiger partial charge in [-0.25, -0.2) is 5.01 Å². The molecule has 0 aliphatic carbocycles. The minimum Gasteiger partial charge on any atom is -0.388 e. The van der Waals surface area contributed by atoms with Crippen LogP contribution < -0.4 is 5.01 Å². The lowest BCUT2D eigenvalue weighted by molar-refractivity contribution is 0.267. The molecule has 0 aliphatic heterocycles. The fraction of sp³-hybridized carbons (Fsp3) is 0.133. The molecule has 1 atom stereocenters. The second-order valence-electron chi connectivity index (χ2n) is 3.99. The molecule has 0 heterocycles. The lowest BCUT2D eigenvalue weighted by atomic mass is 10.2. The molecule has 3 nitrogen and oxygen atoms in total. The molecule has 0 radical (unpaired) electrons. The molecule has 0 unspecified atom stereocenters. The molecule has 3 heteroatoms. The van der Waals surface area contributed by atoms with E-state index in [2.05, 4.69) is 5.10 Å². The van der Waals surface area contributed by atoms with Crippen molar-refractivity contribution in [1.29, 1.82) is 0 Å². The zero-order valence-corrected chi connectivity index (χ0v) is 10.3. The second kappa shape index (κ2) is 5.98. The van der Waals surface area contributed by atoms with E-state index in [0.717, 1.165) is 11.4 Å². The predicted molar refractivity (Wildman–Crippen MR) is 75.2 cm³/mol. The second-order valence-corrected chi connectivity index (χ2v) is 3.99. The van der Waals surface area contributed by atoms with Gasteiger partial charge in [0.25, 0.3) is 0 Å². The monoisotopic (exact) mass is 240 g/mol. The number of nitrogens with zero attached hydrogens (tertiary/aromatic N) is 2. The number of para-hydroxylation sites is 2. The Kier molecular flexibility index (Phi) is 4.10. The molecule has 0 aliphatic rings. The highest BCUT2D eigenvalue weighted by molar-refractivity contribution is 5.69. The maximum atomic E-state index is 9.32. The smallest absolute Gasteiger partial charge is 0.0881 e. The summed E-state index contributed by atoms with van der Waals surface area (Å²) < 4.78 is 0. The van der Waals surface area contributed by atoms with Crippen LogP contribution in [0.15, 0.2) is 65.8 Å². The minimum atomic E-state index is -0.570. The van der Waals surface area contributed by atoms with Crippen molar-refractivity contribution in [3.8, 4) is 0 Å². The van der Waals surface area contributed by atoms with Crippen molar-refractivity contribution in [2.75, 3.05) is 5.01 Å². The molecule has 0 fully saturated rings. The Balaban J connectivity index is 2.35. The zero-order valence-electron chi connectivity index (χ0n) is 10.3. The van der Waals surface area contributed by atoms with Crippen LogP contribution in [0.5, 0.6) is 0 Å². The molecule has 92 valence electrons. The number of hydrazone groups is 1. The van der Waals surface area contributed by atoms with Crippen LogP contribution in [0.1, 0.15) is 6.92 Å². The van der Waals surface area contributed by atoms with Crippen LogP contribution in [-0.2, 0) is 0 Å². The molecule has 0 saturated heterocycles. The van der Waals surface area contributed by atoms with Crippen molar-refractivity contribution >= 4 is 17.6 Å². The molecular weight excluding hydrogens is 224 g/mol. The third-order valence-corrected chi connectivity index (χ3v) is 2.40. The van der Waals surface area contributed by atoms with E-state index in [1.807, 2.05) is 60.7 Å². The van der Waals surface area contributed by atoms with Crippen LogP contribution in [0.25, 0.3) is 0 Å². The van der Waals surface area contributed by atoms with Gasteiger partial charge in [-0.3, -0.25) is 0 Å². The molecular formula is C15H16N2O. The number of anilines is 2. The van der Waals surface area contributed by atoms with Crippen molar-refractivity contribution in [2.45, 2.75) is 13.0 Å². The summed E-state index contributed by atoms with van der Waals surface area (Å²) in [5, 5.41) is 15.4. The van der Waals surface area contributed by atoms with E-state index in [-0.39, 0.29) is 0 Å². The van der Waals surface area contributed by atoms with Gasteiger partial charge < -0.3 is 5.11 Å². The Morgan fingerprint density at radius 2 is 1.39 bits per heavy atom. The number of rotatable bonds is 4. The predicted octanol–water partition coefficient (Wildman–Crippen LogP) is 3.19. The molecule has 18 heavy (non-hydrogen) atoms. The maximum absolute atomic E-state index is 9.32. The summed E-state index contributed by atoms with van der Waals surface area (Å²) in [5.74, 6) is 0. The quantitative estimate of drug-likeness (QED) is 0.658. The largest absolute Gasteiger partial charge is 0.388 e. The topological polar surface area (TPSA) is 35.8 Å². The normalized spacial score (nSPS) is 12.6. The summed E-state index contributed by atoms with van der Waals surface area (Å²) in [6.45, 7) is 1.68. The van der Waals surface area contributed by atoms with Crippen molar-refractivity contribution in [1.82, 2.24) is 0 Å². The van der Waals surface area contributed by atoms with Crippen molar-refractivity contribution in [3.05, 3.63) is 60.7 Å². The first-order chi connectivity index (χ1) is 8.77. The summed E-state index contributed by atoms with van der Waals surface area (Å²) in [6.07, 6.45) is 0.944. The molecule has 2 aromatic rings. The summed E-state index contributed by atoms with van der Waals surface area (Å²) in [7, 11) is 0. The van der Waals surface area contributed by atoms with Crippen LogP contribution in [0, 0.1) is 0 Å². The number of aliphatic hydroxyl groups excluding tert-OH is 1. The van der Waals surface area contributed by atoms with Gasteiger partial charge in [-0.15, -0.1) is 0 Å². The van der Waals surface area contributed by atoms with Crippen molar-refractivity contribution < 1.29 is 5.11 Å². The van der Waals surface area contributed by atoms with Gasteiger partial charge in [-0.1, -0.05) is 36.4 Å². The highest BCUT2D eigenvalue weighted by atomic mass is 16.3. The van der Waals surface area contributed by atoms with Gasteiger partial charge in [-0.05, 0) is 31.2 Å². The van der Waals surface area contributed by atoms with Gasteiger partial charge in [0.1, 0.15) is 0 Å². The highest BCUT2D eigenvalue weighted by Crippen LogP contribution is 2.24. The van der Waals surface area contributed by atoms with Crippen molar-refractivity contribution in [2.24, 2.45) is 5.10 Å². The van der Waals surface area contributed by atoms with Crippen LogP contribution in [0.4, 0.5) is 11.4 Å². The van der Waals surface area contributed by atoms with Crippen LogP contribution in [0.3, 0.4) is 0 Å².